The van der Waals surface area contributed by atoms with Crippen molar-refractivity contribution in [1.29, 1.82) is 0 Å². The molecule has 0 radical (unpaired) electrons. The summed E-state index contributed by atoms with van der Waals surface area (Å²) in [6.07, 6.45) is 3.46. The van der Waals surface area contributed by atoms with Crippen LogP contribution in [0.5, 0.6) is 0 Å². The predicted molar refractivity (Wildman–Crippen MR) is 66.0 cm³/mol. The number of carbonyl (C=O) groups excluding carboxylic acids is 1. The molecule has 5 heteroatoms. The molecule has 0 spiro atoms. The zero-order chi connectivity index (χ0) is 12.4. The van der Waals surface area contributed by atoms with E-state index in [4.69, 9.17) is 11.5 Å². The SMILES string of the molecule is Cc1ccc(-c2cnn(CC(N)=O)c2)cc1N. The zero-order valence-corrected chi connectivity index (χ0v) is 9.55. The molecule has 0 aliphatic rings. The second-order valence-electron chi connectivity index (χ2n) is 3.96. The lowest BCUT2D eigenvalue weighted by Crippen LogP contribution is -2.18. The summed E-state index contributed by atoms with van der Waals surface area (Å²) in [5, 5.41) is 4.06. The van der Waals surface area contributed by atoms with Gasteiger partial charge in [0.15, 0.2) is 0 Å². The Bertz CT molecular complexity index is 559. The number of aromatic nitrogens is 2. The highest BCUT2D eigenvalue weighted by molar-refractivity contribution is 5.74. The molecule has 5 nitrogen and oxygen atoms in total. The fraction of sp³-hybridized carbons (Fsp3) is 0.167. The zero-order valence-electron chi connectivity index (χ0n) is 9.55. The van der Waals surface area contributed by atoms with E-state index in [1.165, 1.54) is 4.68 Å². The summed E-state index contributed by atoms with van der Waals surface area (Å²) in [6, 6.07) is 5.81. The molecular weight excluding hydrogens is 216 g/mol. The summed E-state index contributed by atoms with van der Waals surface area (Å²) >= 11 is 0. The van der Waals surface area contributed by atoms with Crippen LogP contribution in [-0.4, -0.2) is 15.7 Å². The number of nitrogens with two attached hydrogens (primary N) is 2. The highest BCUT2D eigenvalue weighted by Gasteiger charge is 2.04. The van der Waals surface area contributed by atoms with Crippen molar-refractivity contribution in [3.8, 4) is 11.1 Å². The summed E-state index contributed by atoms with van der Waals surface area (Å²) in [5.74, 6) is -0.414. The average molecular weight is 230 g/mol. The largest absolute Gasteiger partial charge is 0.398 e. The van der Waals surface area contributed by atoms with Gasteiger partial charge >= 0.3 is 0 Å². The van der Waals surface area contributed by atoms with Crippen LogP contribution in [0.2, 0.25) is 0 Å². The summed E-state index contributed by atoms with van der Waals surface area (Å²) in [6.45, 7) is 2.04. The van der Waals surface area contributed by atoms with Crippen molar-refractivity contribution in [1.82, 2.24) is 9.78 Å². The maximum Gasteiger partial charge on any atom is 0.239 e. The first-order valence-corrected chi connectivity index (χ1v) is 5.23. The van der Waals surface area contributed by atoms with Crippen LogP contribution in [0, 0.1) is 6.92 Å². The maximum atomic E-state index is 10.8. The van der Waals surface area contributed by atoms with Gasteiger partial charge in [0.25, 0.3) is 0 Å². The number of carbonyl (C=O) groups is 1. The normalized spacial score (nSPS) is 10.4. The molecule has 1 amide bonds. The van der Waals surface area contributed by atoms with Crippen LogP contribution in [-0.2, 0) is 11.3 Å². The highest BCUT2D eigenvalue weighted by atomic mass is 16.1. The van der Waals surface area contributed by atoms with Crippen molar-refractivity contribution in [2.75, 3.05) is 5.73 Å². The number of amides is 1. The van der Waals surface area contributed by atoms with Gasteiger partial charge in [-0.15, -0.1) is 0 Å². The molecule has 1 heterocycles. The molecule has 0 aliphatic heterocycles. The maximum absolute atomic E-state index is 10.8. The van der Waals surface area contributed by atoms with E-state index in [2.05, 4.69) is 5.10 Å². The van der Waals surface area contributed by atoms with Gasteiger partial charge in [-0.25, -0.2) is 0 Å². The second-order valence-corrected chi connectivity index (χ2v) is 3.96. The molecule has 0 bridgehead atoms. The van der Waals surface area contributed by atoms with Crippen LogP contribution in [0.25, 0.3) is 11.1 Å². The molecule has 2 aromatic rings. The quantitative estimate of drug-likeness (QED) is 0.769. The Labute approximate surface area is 99.0 Å². The number of anilines is 1. The topological polar surface area (TPSA) is 86.9 Å². The first-order valence-electron chi connectivity index (χ1n) is 5.23. The molecule has 0 saturated carbocycles. The number of hydrogen-bond acceptors (Lipinski definition) is 3. The van der Waals surface area contributed by atoms with Gasteiger partial charge in [0.05, 0.1) is 6.20 Å². The summed E-state index contributed by atoms with van der Waals surface area (Å²) < 4.78 is 1.51. The Balaban J connectivity index is 2.30. The lowest BCUT2D eigenvalue weighted by molar-refractivity contribution is -0.118. The fourth-order valence-electron chi connectivity index (χ4n) is 1.58. The minimum atomic E-state index is -0.414. The van der Waals surface area contributed by atoms with Gasteiger partial charge in [-0.2, -0.15) is 5.10 Å². The van der Waals surface area contributed by atoms with Crippen LogP contribution >= 0.6 is 0 Å². The summed E-state index contributed by atoms with van der Waals surface area (Å²) in [4.78, 5) is 10.8. The smallest absolute Gasteiger partial charge is 0.239 e. The third-order valence-corrected chi connectivity index (χ3v) is 2.56. The third-order valence-electron chi connectivity index (χ3n) is 2.56. The van der Waals surface area contributed by atoms with E-state index in [0.717, 1.165) is 22.4 Å². The van der Waals surface area contributed by atoms with Gasteiger partial charge in [-0.1, -0.05) is 12.1 Å². The minimum Gasteiger partial charge on any atom is -0.398 e. The summed E-state index contributed by atoms with van der Waals surface area (Å²) in [5.41, 5.74) is 14.6. The van der Waals surface area contributed by atoms with Crippen LogP contribution in [0.1, 0.15) is 5.56 Å². The monoisotopic (exact) mass is 230 g/mol. The van der Waals surface area contributed by atoms with E-state index in [1.54, 1.807) is 12.4 Å². The molecule has 1 aromatic heterocycles. The predicted octanol–water partition coefficient (Wildman–Crippen LogP) is 0.926. The van der Waals surface area contributed by atoms with E-state index in [0.29, 0.717) is 0 Å². The average Bonchev–Trinajstić information content (AvgIpc) is 2.69. The molecule has 88 valence electrons. The second kappa shape index (κ2) is 4.29. The Morgan fingerprint density at radius 2 is 2.18 bits per heavy atom. The molecule has 1 aromatic carbocycles. The van der Waals surface area contributed by atoms with Gasteiger partial charge in [0.1, 0.15) is 6.54 Å². The Morgan fingerprint density at radius 1 is 1.41 bits per heavy atom. The molecule has 0 saturated heterocycles. The number of primary amides is 1. The van der Waals surface area contributed by atoms with E-state index in [-0.39, 0.29) is 6.54 Å². The van der Waals surface area contributed by atoms with Crippen LogP contribution < -0.4 is 11.5 Å². The van der Waals surface area contributed by atoms with Crippen molar-refractivity contribution >= 4 is 11.6 Å². The van der Waals surface area contributed by atoms with E-state index < -0.39 is 5.91 Å². The van der Waals surface area contributed by atoms with Crippen molar-refractivity contribution in [2.24, 2.45) is 5.73 Å². The Kier molecular flexibility index (Phi) is 2.82. The molecule has 0 unspecified atom stereocenters. The number of nitrogen functional groups attached to an aromatic ring is 1. The molecule has 4 N–H and O–H groups in total. The van der Waals surface area contributed by atoms with Crippen LogP contribution in [0.4, 0.5) is 5.69 Å². The van der Waals surface area contributed by atoms with E-state index >= 15 is 0 Å². The molecular formula is C12H14N4O. The Hall–Kier alpha value is -2.30. The minimum absolute atomic E-state index is 0.0847. The molecule has 17 heavy (non-hydrogen) atoms. The van der Waals surface area contributed by atoms with Crippen LogP contribution in [0.15, 0.2) is 30.6 Å². The Morgan fingerprint density at radius 3 is 2.82 bits per heavy atom. The molecule has 0 fully saturated rings. The van der Waals surface area contributed by atoms with E-state index in [9.17, 15) is 4.79 Å². The van der Waals surface area contributed by atoms with Crippen LogP contribution in [0.3, 0.4) is 0 Å². The fourth-order valence-corrected chi connectivity index (χ4v) is 1.58. The van der Waals surface area contributed by atoms with Gasteiger partial charge < -0.3 is 11.5 Å². The highest BCUT2D eigenvalue weighted by Crippen LogP contribution is 2.22. The van der Waals surface area contributed by atoms with Gasteiger partial charge in [0.2, 0.25) is 5.91 Å². The third kappa shape index (κ3) is 2.44. The van der Waals surface area contributed by atoms with Gasteiger partial charge in [0, 0.05) is 17.4 Å². The number of benzene rings is 1. The number of rotatable bonds is 3. The van der Waals surface area contributed by atoms with E-state index in [1.807, 2.05) is 25.1 Å². The number of nitrogens with zero attached hydrogens (tertiary/aromatic N) is 2. The van der Waals surface area contributed by atoms with Gasteiger partial charge in [-0.3, -0.25) is 9.48 Å². The lowest BCUT2D eigenvalue weighted by atomic mass is 10.1. The molecule has 2 rings (SSSR count). The van der Waals surface area contributed by atoms with Crippen molar-refractivity contribution in [2.45, 2.75) is 13.5 Å². The summed E-state index contributed by atoms with van der Waals surface area (Å²) in [7, 11) is 0. The first-order chi connectivity index (χ1) is 8.06. The number of hydrogen-bond donors (Lipinski definition) is 2. The first kappa shape index (κ1) is 11.2. The van der Waals surface area contributed by atoms with Gasteiger partial charge in [-0.05, 0) is 24.1 Å². The standard InChI is InChI=1S/C12H14N4O/c1-8-2-3-9(4-11(8)13)10-5-15-16(6-10)7-12(14)17/h2-6H,7,13H2,1H3,(H2,14,17). The van der Waals surface area contributed by atoms with Crippen molar-refractivity contribution in [3.05, 3.63) is 36.2 Å². The number of aryl methyl sites for hydroxylation is 1. The van der Waals surface area contributed by atoms with Crippen molar-refractivity contribution < 1.29 is 4.79 Å². The van der Waals surface area contributed by atoms with Crippen molar-refractivity contribution in [3.63, 3.8) is 0 Å². The molecule has 0 aliphatic carbocycles. The molecule has 0 atom stereocenters. The lowest BCUT2D eigenvalue weighted by Gasteiger charge is -2.02.